The molecule has 1 fully saturated rings. The Morgan fingerprint density at radius 2 is 1.71 bits per heavy atom. The van der Waals surface area contributed by atoms with Gasteiger partial charge < -0.3 is 4.74 Å². The first-order chi connectivity index (χ1) is 15.0. The molecule has 0 bridgehead atoms. The second kappa shape index (κ2) is 11.4. The number of Topliss-reactive ketones (excluding diaryl/α,β-unsaturated/α-hetero) is 1. The molecule has 31 heavy (non-hydrogen) atoms. The number of ketones is 1. The molecule has 2 unspecified atom stereocenters. The average Bonchev–Trinajstić information content (AvgIpc) is 2.78. The van der Waals surface area contributed by atoms with Gasteiger partial charge in [0.15, 0.2) is 11.6 Å². The van der Waals surface area contributed by atoms with Crippen LogP contribution < -0.4 is 4.74 Å². The molecule has 0 spiro atoms. The Bertz CT molecular complexity index is 860. The molecule has 2 aromatic rings. The molecule has 1 aliphatic rings. The first-order valence-electron chi connectivity index (χ1n) is 11.8. The highest BCUT2D eigenvalue weighted by Crippen LogP contribution is 2.33. The number of benzene rings is 2. The standard InChI is InChI=1S/C27H34F2O2/c1-3-5-6-7-22-15-12-20(18-24(22)30)9-8-19-10-13-21(14-11-19)23-16-17-25(31-4-2)27(29)26(23)28/h10-11,13-14,16-17,20,22H,3-9,12,15,18H2,1-2H3. The number of rotatable bonds is 10. The van der Waals surface area contributed by atoms with Crippen molar-refractivity contribution in [3.05, 3.63) is 53.6 Å². The molecule has 168 valence electrons. The third-order valence-corrected chi connectivity index (χ3v) is 6.48. The van der Waals surface area contributed by atoms with Gasteiger partial charge in [0.2, 0.25) is 5.82 Å². The van der Waals surface area contributed by atoms with E-state index >= 15 is 0 Å². The van der Waals surface area contributed by atoms with E-state index in [4.69, 9.17) is 4.74 Å². The van der Waals surface area contributed by atoms with Gasteiger partial charge in [-0.05, 0) is 68.2 Å². The quantitative estimate of drug-likeness (QED) is 0.366. The number of aryl methyl sites for hydroxylation is 1. The lowest BCUT2D eigenvalue weighted by Crippen LogP contribution is -2.25. The molecule has 0 N–H and O–H groups in total. The van der Waals surface area contributed by atoms with Crippen LogP contribution in [0.3, 0.4) is 0 Å². The molecule has 1 saturated carbocycles. The monoisotopic (exact) mass is 428 g/mol. The van der Waals surface area contributed by atoms with Crippen molar-refractivity contribution >= 4 is 5.78 Å². The van der Waals surface area contributed by atoms with E-state index in [1.165, 1.54) is 25.3 Å². The minimum absolute atomic E-state index is 0.0602. The molecule has 0 aliphatic heterocycles. The fourth-order valence-corrected chi connectivity index (χ4v) is 4.59. The Morgan fingerprint density at radius 3 is 2.39 bits per heavy atom. The summed E-state index contributed by atoms with van der Waals surface area (Å²) in [4.78, 5) is 12.5. The zero-order chi connectivity index (χ0) is 22.2. The number of hydrogen-bond donors (Lipinski definition) is 0. The van der Waals surface area contributed by atoms with Crippen LogP contribution in [0.1, 0.15) is 70.8 Å². The van der Waals surface area contributed by atoms with Crippen molar-refractivity contribution in [1.29, 1.82) is 0 Å². The van der Waals surface area contributed by atoms with Gasteiger partial charge in [0, 0.05) is 17.9 Å². The predicted molar refractivity (Wildman–Crippen MR) is 121 cm³/mol. The van der Waals surface area contributed by atoms with Crippen LogP contribution >= 0.6 is 0 Å². The van der Waals surface area contributed by atoms with E-state index in [1.54, 1.807) is 13.0 Å². The molecule has 3 rings (SSSR count). The van der Waals surface area contributed by atoms with Crippen LogP contribution in [0.4, 0.5) is 8.78 Å². The van der Waals surface area contributed by atoms with Gasteiger partial charge in [0.05, 0.1) is 6.61 Å². The molecule has 2 aromatic carbocycles. The maximum atomic E-state index is 14.4. The number of carbonyl (C=O) groups is 1. The molecule has 2 nitrogen and oxygen atoms in total. The van der Waals surface area contributed by atoms with Crippen LogP contribution in [0, 0.1) is 23.5 Å². The third-order valence-electron chi connectivity index (χ3n) is 6.48. The van der Waals surface area contributed by atoms with Crippen LogP contribution in [0.5, 0.6) is 5.75 Å². The second-order valence-electron chi connectivity index (χ2n) is 8.71. The topological polar surface area (TPSA) is 26.3 Å². The van der Waals surface area contributed by atoms with Crippen molar-refractivity contribution in [1.82, 2.24) is 0 Å². The Hall–Kier alpha value is -2.23. The van der Waals surface area contributed by atoms with E-state index in [1.807, 2.05) is 24.3 Å². The Balaban J connectivity index is 1.54. The maximum Gasteiger partial charge on any atom is 0.201 e. The fourth-order valence-electron chi connectivity index (χ4n) is 4.59. The van der Waals surface area contributed by atoms with Crippen molar-refractivity contribution in [2.24, 2.45) is 11.8 Å². The van der Waals surface area contributed by atoms with E-state index in [-0.39, 0.29) is 23.8 Å². The maximum absolute atomic E-state index is 14.4. The summed E-state index contributed by atoms with van der Waals surface area (Å²) in [7, 11) is 0. The van der Waals surface area contributed by atoms with Gasteiger partial charge in [-0.1, -0.05) is 50.5 Å². The van der Waals surface area contributed by atoms with Crippen molar-refractivity contribution in [3.63, 3.8) is 0 Å². The number of unbranched alkanes of at least 4 members (excludes halogenated alkanes) is 2. The van der Waals surface area contributed by atoms with Gasteiger partial charge in [0.25, 0.3) is 0 Å². The van der Waals surface area contributed by atoms with Gasteiger partial charge >= 0.3 is 0 Å². The van der Waals surface area contributed by atoms with Crippen LogP contribution in [-0.4, -0.2) is 12.4 Å². The van der Waals surface area contributed by atoms with Gasteiger partial charge in [-0.25, -0.2) is 4.39 Å². The molecule has 0 radical (unpaired) electrons. The van der Waals surface area contributed by atoms with Crippen molar-refractivity contribution < 1.29 is 18.3 Å². The molecule has 2 atom stereocenters. The van der Waals surface area contributed by atoms with Gasteiger partial charge in [-0.2, -0.15) is 4.39 Å². The van der Waals surface area contributed by atoms with E-state index in [0.29, 0.717) is 23.7 Å². The van der Waals surface area contributed by atoms with Crippen LogP contribution in [0.15, 0.2) is 36.4 Å². The first kappa shape index (κ1) is 23.4. The molecule has 0 amide bonds. The minimum atomic E-state index is -0.946. The lowest BCUT2D eigenvalue weighted by atomic mass is 9.77. The van der Waals surface area contributed by atoms with Crippen LogP contribution in [-0.2, 0) is 11.2 Å². The highest BCUT2D eigenvalue weighted by atomic mass is 19.2. The summed E-state index contributed by atoms with van der Waals surface area (Å²) in [5.74, 6) is -0.684. The number of carbonyl (C=O) groups excluding carboxylic acids is 1. The summed E-state index contributed by atoms with van der Waals surface area (Å²) in [6.45, 7) is 4.22. The molecular formula is C27H34F2O2. The highest BCUT2D eigenvalue weighted by Gasteiger charge is 2.27. The normalized spacial score (nSPS) is 18.9. The van der Waals surface area contributed by atoms with Crippen molar-refractivity contribution in [2.75, 3.05) is 6.61 Å². The molecular weight excluding hydrogens is 394 g/mol. The molecule has 0 aromatic heterocycles. The molecule has 1 aliphatic carbocycles. The third kappa shape index (κ3) is 6.15. The Kier molecular flexibility index (Phi) is 8.62. The second-order valence-corrected chi connectivity index (χ2v) is 8.71. The zero-order valence-corrected chi connectivity index (χ0v) is 18.8. The summed E-state index contributed by atoms with van der Waals surface area (Å²) >= 11 is 0. The SMILES string of the molecule is CCCCCC1CCC(CCc2ccc(-c3ccc(OCC)c(F)c3F)cc2)CC1=O. The first-order valence-corrected chi connectivity index (χ1v) is 11.8. The predicted octanol–water partition coefficient (Wildman–Crippen LogP) is 7.53. The average molecular weight is 429 g/mol. The van der Waals surface area contributed by atoms with E-state index in [9.17, 15) is 13.6 Å². The number of halogens is 2. The zero-order valence-electron chi connectivity index (χ0n) is 18.8. The van der Waals surface area contributed by atoms with E-state index in [2.05, 4.69) is 6.92 Å². The summed E-state index contributed by atoms with van der Waals surface area (Å²) in [6.07, 6.45) is 9.43. The summed E-state index contributed by atoms with van der Waals surface area (Å²) in [6, 6.07) is 10.7. The molecule has 4 heteroatoms. The largest absolute Gasteiger partial charge is 0.491 e. The van der Waals surface area contributed by atoms with Gasteiger partial charge in [0.1, 0.15) is 5.78 Å². The minimum Gasteiger partial charge on any atom is -0.491 e. The number of hydrogen-bond acceptors (Lipinski definition) is 2. The summed E-state index contributed by atoms with van der Waals surface area (Å²) in [5.41, 5.74) is 2.04. The Labute approximate surface area is 185 Å². The van der Waals surface area contributed by atoms with Crippen LogP contribution in [0.2, 0.25) is 0 Å². The fraction of sp³-hybridized carbons (Fsp3) is 0.519. The summed E-state index contributed by atoms with van der Waals surface area (Å²) in [5, 5.41) is 0. The van der Waals surface area contributed by atoms with Crippen molar-refractivity contribution in [3.8, 4) is 16.9 Å². The Morgan fingerprint density at radius 1 is 0.935 bits per heavy atom. The van der Waals surface area contributed by atoms with Crippen molar-refractivity contribution in [2.45, 2.75) is 71.6 Å². The lowest BCUT2D eigenvalue weighted by molar-refractivity contribution is -0.126. The van der Waals surface area contributed by atoms with Crippen LogP contribution in [0.25, 0.3) is 11.1 Å². The van der Waals surface area contributed by atoms with E-state index in [0.717, 1.165) is 37.7 Å². The highest BCUT2D eigenvalue weighted by molar-refractivity contribution is 5.81. The molecule has 0 saturated heterocycles. The van der Waals surface area contributed by atoms with Gasteiger partial charge in [-0.3, -0.25) is 4.79 Å². The van der Waals surface area contributed by atoms with Gasteiger partial charge in [-0.15, -0.1) is 0 Å². The number of ether oxygens (including phenoxy) is 1. The summed E-state index contributed by atoms with van der Waals surface area (Å²) < 4.78 is 33.7. The smallest absolute Gasteiger partial charge is 0.201 e. The van der Waals surface area contributed by atoms with E-state index < -0.39 is 11.6 Å². The lowest BCUT2D eigenvalue weighted by Gasteiger charge is -2.27. The molecule has 0 heterocycles.